The average Bonchev–Trinajstić information content (AvgIpc) is 3.82. The lowest BCUT2D eigenvalue weighted by molar-refractivity contribution is -0.159. The molecule has 8 atom stereocenters. The Morgan fingerprint density at radius 3 is 2.63 bits per heavy atom. The number of thioether (sulfide) groups is 1. The number of phenols is 1. The van der Waals surface area contributed by atoms with Crippen LogP contribution in [0.4, 0.5) is 0 Å². The molecule has 9 heterocycles. The zero-order chi connectivity index (χ0) is 42.0. The highest BCUT2D eigenvalue weighted by Crippen LogP contribution is 2.66. The van der Waals surface area contributed by atoms with Crippen LogP contribution in [-0.2, 0) is 32.7 Å². The summed E-state index contributed by atoms with van der Waals surface area (Å²) in [6.07, 6.45) is 0.852. The van der Waals surface area contributed by atoms with Crippen molar-refractivity contribution in [1.29, 1.82) is 5.26 Å². The Balaban J connectivity index is 1.27. The van der Waals surface area contributed by atoms with Crippen molar-refractivity contribution in [3.8, 4) is 40.6 Å². The third-order valence-corrected chi connectivity index (χ3v) is 15.1. The van der Waals surface area contributed by atoms with Crippen LogP contribution in [0, 0.1) is 25.2 Å². The van der Waals surface area contributed by atoms with Crippen LogP contribution in [-0.4, -0.2) is 102 Å². The first kappa shape index (κ1) is 39.0. The van der Waals surface area contributed by atoms with Gasteiger partial charge in [-0.05, 0) is 61.7 Å². The molecular weight excluding hydrogens is 789 g/mol. The van der Waals surface area contributed by atoms with Crippen LogP contribution in [0.25, 0.3) is 10.9 Å². The molecule has 4 aromatic rings. The second-order valence-corrected chi connectivity index (χ2v) is 17.9. The number of aryl methyl sites for hydroxylation is 1. The molecule has 8 aliphatic rings. The van der Waals surface area contributed by atoms with Crippen molar-refractivity contribution >= 4 is 34.6 Å². The van der Waals surface area contributed by atoms with Crippen molar-refractivity contribution in [2.75, 3.05) is 53.0 Å². The van der Waals surface area contributed by atoms with Gasteiger partial charge in [0, 0.05) is 77.4 Å². The van der Waals surface area contributed by atoms with Crippen molar-refractivity contribution in [3.63, 3.8) is 0 Å². The van der Waals surface area contributed by atoms with E-state index in [-0.39, 0.29) is 43.9 Å². The number of esters is 2. The number of benzene rings is 3. The number of nitrogens with one attached hydrogen (secondary N) is 2. The first-order chi connectivity index (χ1) is 28.9. The minimum Gasteiger partial charge on any atom is -0.504 e. The molecule has 3 aromatic carbocycles. The number of aromatic nitrogens is 1. The van der Waals surface area contributed by atoms with E-state index in [1.54, 1.807) is 14.2 Å². The van der Waals surface area contributed by atoms with Gasteiger partial charge in [-0.3, -0.25) is 19.9 Å². The second-order valence-electron chi connectivity index (χ2n) is 16.7. The van der Waals surface area contributed by atoms with E-state index < -0.39 is 46.4 Å². The summed E-state index contributed by atoms with van der Waals surface area (Å²) in [5.41, 5.74) is 10.6. The number of hydrogen-bond donors (Lipinski definition) is 4. The minimum absolute atomic E-state index is 0.0348. The number of piperazine rings is 1. The predicted molar refractivity (Wildman–Crippen MR) is 221 cm³/mol. The number of likely N-dealkylation sites (N-methyl/N-ethyl adjacent to an activating group) is 1. The lowest BCUT2D eigenvalue weighted by Crippen LogP contribution is -2.70. The number of aromatic amines is 1. The van der Waals surface area contributed by atoms with Crippen molar-refractivity contribution < 1.29 is 43.1 Å². The fraction of sp³-hybridized carbons (Fsp3) is 0.477. The summed E-state index contributed by atoms with van der Waals surface area (Å²) in [4.78, 5) is 36.5. The first-order valence-electron chi connectivity index (χ1n) is 20.4. The maximum atomic E-state index is 15.2. The van der Waals surface area contributed by atoms with Gasteiger partial charge < -0.3 is 44.2 Å². The van der Waals surface area contributed by atoms with E-state index in [0.717, 1.165) is 27.6 Å². The Labute approximate surface area is 351 Å². The van der Waals surface area contributed by atoms with E-state index in [2.05, 4.69) is 33.1 Å². The predicted octanol–water partition coefficient (Wildman–Crippen LogP) is 4.48. The Bertz CT molecular complexity index is 2560. The van der Waals surface area contributed by atoms with Crippen LogP contribution in [0.1, 0.15) is 75.8 Å². The standard InChI is InChI=1S/C44H48N6O9S/c1-7-49-17-43(16-46)13-23-10-20(2)36(55-6)35(52)30(23)33(49)34-40-32-31(39-38(57-19-58-39)21(3)37(32)59-22(4)51)29(50(34)43)15-56-42(53)44(18-60-40)41-27(11-24(14-45)48-44)26-12-25(54-5)8-9-28(26)47-41/h8-10,12,24,29,33-34,40,47-48,52H,7,11,13-15,17-19,45H2,1-6H3/t24-,29-,33-,34+,40+,43?,44+/m0/s1. The number of nitrogens with two attached hydrogens (primary N) is 1. The lowest BCUT2D eigenvalue weighted by atomic mass is 9.76. The molecule has 0 radical (unpaired) electrons. The number of aromatic hydroxyl groups is 1. The minimum atomic E-state index is -1.40. The summed E-state index contributed by atoms with van der Waals surface area (Å²) in [5.74, 6) is 1.52. The fourth-order valence-electron chi connectivity index (χ4n) is 11.3. The Morgan fingerprint density at radius 1 is 1.12 bits per heavy atom. The smallest absolute Gasteiger partial charge is 0.333 e. The molecule has 2 unspecified atom stereocenters. The van der Waals surface area contributed by atoms with Gasteiger partial charge in [-0.1, -0.05) is 13.0 Å². The molecule has 4 bridgehead atoms. The highest BCUT2D eigenvalue weighted by Gasteiger charge is 2.65. The molecule has 2 saturated heterocycles. The van der Waals surface area contributed by atoms with Crippen LogP contribution >= 0.6 is 11.8 Å². The zero-order valence-electron chi connectivity index (χ0n) is 34.4. The number of H-pyrrole nitrogens is 1. The monoisotopic (exact) mass is 836 g/mol. The lowest BCUT2D eigenvalue weighted by Gasteiger charge is -2.60. The maximum Gasteiger partial charge on any atom is 0.333 e. The van der Waals surface area contributed by atoms with Crippen molar-refractivity contribution in [2.45, 2.75) is 81.0 Å². The number of nitriles is 1. The van der Waals surface area contributed by atoms with Crippen LogP contribution < -0.4 is 34.7 Å². The Morgan fingerprint density at radius 2 is 1.92 bits per heavy atom. The molecule has 15 nitrogen and oxygen atoms in total. The van der Waals surface area contributed by atoms with Crippen molar-refractivity contribution in [1.82, 2.24) is 20.1 Å². The molecule has 1 spiro atoms. The fourth-order valence-corrected chi connectivity index (χ4v) is 13.0. The number of methoxy groups -OCH3 is 2. The third kappa shape index (κ3) is 5.22. The van der Waals surface area contributed by atoms with Gasteiger partial charge in [0.05, 0.1) is 43.3 Å². The van der Waals surface area contributed by atoms with Gasteiger partial charge in [0.2, 0.25) is 6.79 Å². The molecule has 1 aromatic heterocycles. The van der Waals surface area contributed by atoms with Gasteiger partial charge in [-0.25, -0.2) is 4.79 Å². The molecule has 0 aliphatic carbocycles. The first-order valence-corrected chi connectivity index (χ1v) is 21.4. The van der Waals surface area contributed by atoms with E-state index in [9.17, 15) is 15.2 Å². The number of fused-ring (bicyclic) bond motifs is 8. The van der Waals surface area contributed by atoms with Crippen LogP contribution in [0.5, 0.6) is 34.5 Å². The van der Waals surface area contributed by atoms with Gasteiger partial charge in [0.1, 0.15) is 23.6 Å². The largest absolute Gasteiger partial charge is 0.504 e. The van der Waals surface area contributed by atoms with E-state index in [1.165, 1.54) is 18.7 Å². The Hall–Kier alpha value is -5.18. The van der Waals surface area contributed by atoms with E-state index in [0.29, 0.717) is 76.2 Å². The summed E-state index contributed by atoms with van der Waals surface area (Å²) in [7, 11) is 3.17. The van der Waals surface area contributed by atoms with E-state index >= 15 is 4.79 Å². The van der Waals surface area contributed by atoms with Crippen molar-refractivity contribution in [3.05, 3.63) is 68.9 Å². The van der Waals surface area contributed by atoms with Gasteiger partial charge in [0.25, 0.3) is 0 Å². The average molecular weight is 837 g/mol. The molecule has 0 saturated carbocycles. The summed E-state index contributed by atoms with van der Waals surface area (Å²) < 4.78 is 36.7. The quantitative estimate of drug-likeness (QED) is 0.162. The highest BCUT2D eigenvalue weighted by atomic mass is 32.2. The molecule has 12 rings (SSSR count). The summed E-state index contributed by atoms with van der Waals surface area (Å²) in [6.45, 7) is 8.12. The zero-order valence-corrected chi connectivity index (χ0v) is 35.2. The van der Waals surface area contributed by atoms with E-state index in [1.807, 2.05) is 38.1 Å². The number of carbonyl (C=O) groups is 2. The van der Waals surface area contributed by atoms with E-state index in [4.69, 9.17) is 34.2 Å². The highest BCUT2D eigenvalue weighted by molar-refractivity contribution is 7.99. The SMILES string of the molecule is CCN1CC2(C#N)Cc3cc(C)c(OC)c(O)c3[C@H]1[C@@H]1[C@@H]3SC[C@]4(N[C@H](CN)Cc5c4[nH]c4ccc(OC)cc54)C(=O)OC[C@@H](c4c5c(c(C)c(OC(C)=O)c43)OCO5)N12. The third-order valence-electron chi connectivity index (χ3n) is 13.7. The topological polar surface area (TPSA) is 194 Å². The number of carbonyl (C=O) groups excluding carboxylic acids is 2. The van der Waals surface area contributed by atoms with Crippen LogP contribution in [0.2, 0.25) is 0 Å². The van der Waals surface area contributed by atoms with Crippen molar-refractivity contribution in [2.24, 2.45) is 5.73 Å². The molecule has 5 N–H and O–H groups in total. The molecule has 314 valence electrons. The number of rotatable bonds is 5. The maximum absolute atomic E-state index is 15.2. The van der Waals surface area contributed by atoms with Crippen LogP contribution in [0.15, 0.2) is 24.3 Å². The molecule has 16 heteroatoms. The second kappa shape index (κ2) is 13.9. The number of ether oxygens (including phenoxy) is 6. The molecule has 0 amide bonds. The molecular formula is C44H48N6O9S. The number of phenolic OH excluding ortho intramolecular Hbond substituents is 1. The molecule has 2 fully saturated rings. The summed E-state index contributed by atoms with van der Waals surface area (Å²) in [6, 6.07) is 8.55. The van der Waals surface area contributed by atoms with Crippen LogP contribution in [0.3, 0.4) is 0 Å². The summed E-state index contributed by atoms with van der Waals surface area (Å²) in [5, 5.41) is 27.9. The van der Waals surface area contributed by atoms with Gasteiger partial charge in [-0.2, -0.15) is 5.26 Å². The molecule has 60 heavy (non-hydrogen) atoms. The van der Waals surface area contributed by atoms with Gasteiger partial charge >= 0.3 is 11.9 Å². The number of nitrogens with zero attached hydrogens (tertiary/aromatic N) is 3. The normalized spacial score (nSPS) is 29.8. The molecule has 8 aliphatic heterocycles. The van der Waals surface area contributed by atoms with Gasteiger partial charge in [-0.15, -0.1) is 11.8 Å². The number of hydrogen-bond acceptors (Lipinski definition) is 15. The summed E-state index contributed by atoms with van der Waals surface area (Å²) >= 11 is 1.52. The van der Waals surface area contributed by atoms with Gasteiger partial charge in [0.15, 0.2) is 28.5 Å². The Kier molecular flexibility index (Phi) is 9.05.